The van der Waals surface area contributed by atoms with Gasteiger partial charge in [-0.15, -0.1) is 0 Å². The van der Waals surface area contributed by atoms with Crippen molar-refractivity contribution in [3.63, 3.8) is 0 Å². The van der Waals surface area contributed by atoms with Gasteiger partial charge in [0, 0.05) is 5.39 Å². The number of methoxy groups -OCH3 is 1. The first-order valence-electron chi connectivity index (χ1n) is 4.63. The molecule has 0 heterocycles. The Morgan fingerprint density at radius 2 is 2.06 bits per heavy atom. The molecule has 3 nitrogen and oxygen atoms in total. The Bertz CT molecular complexity index is 563. The molecule has 0 fully saturated rings. The maximum absolute atomic E-state index is 13.0. The van der Waals surface area contributed by atoms with Crippen LogP contribution in [0.15, 0.2) is 30.3 Å². The summed E-state index contributed by atoms with van der Waals surface area (Å²) >= 11 is 0. The molecule has 0 aliphatic heterocycles. The van der Waals surface area contributed by atoms with Crippen molar-refractivity contribution in [2.45, 2.75) is 0 Å². The number of carboxylic acid groups (broad SMARTS) is 1. The molecule has 0 saturated carbocycles. The molecule has 0 amide bonds. The maximum Gasteiger partial charge on any atom is 0.339 e. The summed E-state index contributed by atoms with van der Waals surface area (Å²) in [6.45, 7) is 0. The molecule has 2 aromatic rings. The van der Waals surface area contributed by atoms with Crippen molar-refractivity contribution in [1.29, 1.82) is 0 Å². The Balaban J connectivity index is 2.80. The van der Waals surface area contributed by atoms with Crippen LogP contribution in [0.3, 0.4) is 0 Å². The molecule has 2 aromatic carbocycles. The summed E-state index contributed by atoms with van der Waals surface area (Å²) < 4.78 is 18.0. The third-order valence-electron chi connectivity index (χ3n) is 2.37. The minimum Gasteiger partial charge on any atom is -0.495 e. The van der Waals surface area contributed by atoms with Gasteiger partial charge in [0.1, 0.15) is 17.1 Å². The lowest BCUT2D eigenvalue weighted by Crippen LogP contribution is -2.00. The van der Waals surface area contributed by atoms with E-state index in [0.29, 0.717) is 10.8 Å². The fourth-order valence-corrected chi connectivity index (χ4v) is 1.66. The normalized spacial score (nSPS) is 10.4. The van der Waals surface area contributed by atoms with Crippen LogP contribution in [0.1, 0.15) is 10.4 Å². The summed E-state index contributed by atoms with van der Waals surface area (Å²) in [4.78, 5) is 10.9. The molecule has 82 valence electrons. The average Bonchev–Trinajstić information content (AvgIpc) is 2.26. The maximum atomic E-state index is 13.0. The number of rotatable bonds is 2. The molecule has 0 atom stereocenters. The number of carbonyl (C=O) groups is 1. The highest BCUT2D eigenvalue weighted by molar-refractivity contribution is 6.00. The lowest BCUT2D eigenvalue weighted by Gasteiger charge is -2.08. The topological polar surface area (TPSA) is 46.5 Å². The number of halogens is 1. The van der Waals surface area contributed by atoms with E-state index in [1.807, 2.05) is 0 Å². The molecule has 0 aliphatic carbocycles. The molecule has 2 rings (SSSR count). The van der Waals surface area contributed by atoms with Gasteiger partial charge in [0.2, 0.25) is 0 Å². The second-order valence-corrected chi connectivity index (χ2v) is 3.32. The Morgan fingerprint density at radius 1 is 1.31 bits per heavy atom. The molecule has 0 saturated heterocycles. The van der Waals surface area contributed by atoms with Gasteiger partial charge in [0.25, 0.3) is 0 Å². The Morgan fingerprint density at radius 3 is 2.69 bits per heavy atom. The fourth-order valence-electron chi connectivity index (χ4n) is 1.66. The van der Waals surface area contributed by atoms with Crippen molar-refractivity contribution < 1.29 is 19.0 Å². The zero-order valence-electron chi connectivity index (χ0n) is 8.53. The van der Waals surface area contributed by atoms with Crippen LogP contribution in [0.4, 0.5) is 4.39 Å². The monoisotopic (exact) mass is 220 g/mol. The Labute approximate surface area is 91.1 Å². The highest BCUT2D eigenvalue weighted by Gasteiger charge is 2.13. The van der Waals surface area contributed by atoms with E-state index in [0.717, 1.165) is 0 Å². The van der Waals surface area contributed by atoms with Crippen molar-refractivity contribution in [2.75, 3.05) is 7.11 Å². The molecule has 0 bridgehead atoms. The van der Waals surface area contributed by atoms with E-state index in [4.69, 9.17) is 9.84 Å². The predicted molar refractivity (Wildman–Crippen MR) is 57.4 cm³/mol. The van der Waals surface area contributed by atoms with Gasteiger partial charge >= 0.3 is 5.97 Å². The molecular weight excluding hydrogens is 211 g/mol. The summed E-state index contributed by atoms with van der Waals surface area (Å²) in [5, 5.41) is 10.2. The van der Waals surface area contributed by atoms with E-state index in [1.165, 1.54) is 31.4 Å². The van der Waals surface area contributed by atoms with Crippen molar-refractivity contribution in [2.24, 2.45) is 0 Å². The van der Waals surface area contributed by atoms with Crippen LogP contribution in [-0.4, -0.2) is 18.2 Å². The second-order valence-electron chi connectivity index (χ2n) is 3.32. The van der Waals surface area contributed by atoms with Gasteiger partial charge in [-0.1, -0.05) is 6.07 Å². The molecule has 0 aromatic heterocycles. The van der Waals surface area contributed by atoms with Crippen molar-refractivity contribution >= 4 is 16.7 Å². The van der Waals surface area contributed by atoms with Crippen molar-refractivity contribution in [3.05, 3.63) is 41.7 Å². The third-order valence-corrected chi connectivity index (χ3v) is 2.37. The second kappa shape index (κ2) is 3.81. The number of aromatic carboxylic acids is 1. The minimum absolute atomic E-state index is 0.0709. The standard InChI is InChI=1S/C12H9FO3/c1-16-11-9-5-3-8(13)6-7(9)2-4-10(11)12(14)15/h2-6H,1H3,(H,14,15). The van der Waals surface area contributed by atoms with Crippen molar-refractivity contribution in [3.8, 4) is 5.75 Å². The van der Waals surface area contributed by atoms with Gasteiger partial charge in [-0.3, -0.25) is 0 Å². The van der Waals surface area contributed by atoms with Crippen LogP contribution in [0, 0.1) is 5.82 Å². The first-order valence-corrected chi connectivity index (χ1v) is 4.63. The Hall–Kier alpha value is -2.10. The molecule has 0 radical (unpaired) electrons. The smallest absolute Gasteiger partial charge is 0.339 e. The number of carboxylic acids is 1. The molecule has 0 spiro atoms. The SMILES string of the molecule is COc1c(C(=O)O)ccc2cc(F)ccc12. The quantitative estimate of drug-likeness (QED) is 0.846. The predicted octanol–water partition coefficient (Wildman–Crippen LogP) is 2.69. The van der Waals surface area contributed by atoms with Crippen LogP contribution in [0.5, 0.6) is 5.75 Å². The summed E-state index contributed by atoms with van der Waals surface area (Å²) in [6, 6.07) is 7.09. The highest BCUT2D eigenvalue weighted by Crippen LogP contribution is 2.30. The molecular formula is C12H9FO3. The van der Waals surface area contributed by atoms with E-state index in [-0.39, 0.29) is 17.1 Å². The summed E-state index contributed by atoms with van der Waals surface area (Å²) in [5.41, 5.74) is 0.0709. The van der Waals surface area contributed by atoms with Crippen LogP contribution >= 0.6 is 0 Å². The lowest BCUT2D eigenvalue weighted by molar-refractivity contribution is 0.0693. The number of hydrogen-bond donors (Lipinski definition) is 1. The van der Waals surface area contributed by atoms with E-state index < -0.39 is 5.97 Å². The zero-order valence-corrected chi connectivity index (χ0v) is 8.53. The van der Waals surface area contributed by atoms with Gasteiger partial charge in [0.05, 0.1) is 7.11 Å². The van der Waals surface area contributed by atoms with Gasteiger partial charge in [0.15, 0.2) is 0 Å². The molecule has 1 N–H and O–H groups in total. The number of fused-ring (bicyclic) bond motifs is 1. The molecule has 0 aliphatic rings. The van der Waals surface area contributed by atoms with E-state index in [2.05, 4.69) is 0 Å². The van der Waals surface area contributed by atoms with Gasteiger partial charge in [-0.05, 0) is 29.7 Å². The van der Waals surface area contributed by atoms with Crippen LogP contribution in [-0.2, 0) is 0 Å². The Kier molecular flexibility index (Phi) is 2.48. The summed E-state index contributed by atoms with van der Waals surface area (Å²) in [6.07, 6.45) is 0. The number of hydrogen-bond acceptors (Lipinski definition) is 2. The fraction of sp³-hybridized carbons (Fsp3) is 0.0833. The third kappa shape index (κ3) is 1.58. The zero-order chi connectivity index (χ0) is 11.7. The largest absolute Gasteiger partial charge is 0.495 e. The highest BCUT2D eigenvalue weighted by atomic mass is 19.1. The number of benzene rings is 2. The van der Waals surface area contributed by atoms with Crippen LogP contribution < -0.4 is 4.74 Å². The van der Waals surface area contributed by atoms with Crippen LogP contribution in [0.25, 0.3) is 10.8 Å². The summed E-state index contributed by atoms with van der Waals surface area (Å²) in [5.74, 6) is -1.18. The van der Waals surface area contributed by atoms with E-state index in [9.17, 15) is 9.18 Å². The van der Waals surface area contributed by atoms with Gasteiger partial charge < -0.3 is 9.84 Å². The average molecular weight is 220 g/mol. The molecule has 0 unspecified atom stereocenters. The van der Waals surface area contributed by atoms with Crippen molar-refractivity contribution in [1.82, 2.24) is 0 Å². The lowest BCUT2D eigenvalue weighted by atomic mass is 10.1. The summed E-state index contributed by atoms with van der Waals surface area (Å²) in [7, 11) is 1.39. The minimum atomic E-state index is -1.07. The first-order chi connectivity index (χ1) is 7.63. The molecule has 16 heavy (non-hydrogen) atoms. The van der Waals surface area contributed by atoms with Gasteiger partial charge in [-0.25, -0.2) is 9.18 Å². The molecule has 4 heteroatoms. The van der Waals surface area contributed by atoms with E-state index >= 15 is 0 Å². The van der Waals surface area contributed by atoms with Gasteiger partial charge in [-0.2, -0.15) is 0 Å². The van der Waals surface area contributed by atoms with Crippen LogP contribution in [0.2, 0.25) is 0 Å². The van der Waals surface area contributed by atoms with E-state index in [1.54, 1.807) is 6.07 Å². The first kappa shape index (κ1) is 10.4. The number of ether oxygens (including phenoxy) is 1.